The SMILES string of the molecule is CNCCC1C(=O)Nc2ccc(OC)cc21. The molecule has 0 aromatic heterocycles. The molecule has 0 saturated carbocycles. The van der Waals surface area contributed by atoms with Gasteiger partial charge in [0.2, 0.25) is 5.91 Å². The minimum atomic E-state index is -0.0578. The maximum absolute atomic E-state index is 11.8. The third-order valence-corrected chi connectivity index (χ3v) is 2.89. The summed E-state index contributed by atoms with van der Waals surface area (Å²) in [5.74, 6) is 0.820. The van der Waals surface area contributed by atoms with E-state index < -0.39 is 0 Å². The molecule has 0 aliphatic carbocycles. The van der Waals surface area contributed by atoms with Gasteiger partial charge in [0.05, 0.1) is 13.0 Å². The normalized spacial score (nSPS) is 18.1. The molecule has 1 heterocycles. The molecule has 1 unspecified atom stereocenters. The van der Waals surface area contributed by atoms with E-state index in [4.69, 9.17) is 4.74 Å². The maximum atomic E-state index is 11.8. The van der Waals surface area contributed by atoms with Crippen LogP contribution in [-0.4, -0.2) is 26.6 Å². The van der Waals surface area contributed by atoms with Gasteiger partial charge in [0.25, 0.3) is 0 Å². The Labute approximate surface area is 95.0 Å². The lowest BCUT2D eigenvalue weighted by atomic mass is 9.97. The van der Waals surface area contributed by atoms with E-state index in [0.29, 0.717) is 0 Å². The van der Waals surface area contributed by atoms with Crippen molar-refractivity contribution >= 4 is 11.6 Å². The Kier molecular flexibility index (Phi) is 3.10. The Morgan fingerprint density at radius 2 is 2.31 bits per heavy atom. The first kappa shape index (κ1) is 11.0. The second-order valence-electron chi connectivity index (χ2n) is 3.89. The van der Waals surface area contributed by atoms with Crippen LogP contribution in [0.25, 0.3) is 0 Å². The molecule has 1 aliphatic heterocycles. The molecule has 2 rings (SSSR count). The standard InChI is InChI=1S/C12H16N2O2/c1-13-6-5-9-10-7-8(16-2)3-4-11(10)14-12(9)15/h3-4,7,9,13H,5-6H2,1-2H3,(H,14,15). The number of carbonyl (C=O) groups excluding carboxylic acids is 1. The van der Waals surface area contributed by atoms with E-state index in [1.165, 1.54) is 0 Å². The minimum absolute atomic E-state index is 0.0578. The van der Waals surface area contributed by atoms with Crippen molar-refractivity contribution in [2.24, 2.45) is 0 Å². The summed E-state index contributed by atoms with van der Waals surface area (Å²) in [6, 6.07) is 5.69. The van der Waals surface area contributed by atoms with Gasteiger partial charge in [-0.25, -0.2) is 0 Å². The average molecular weight is 220 g/mol. The van der Waals surface area contributed by atoms with E-state index >= 15 is 0 Å². The Hall–Kier alpha value is -1.55. The molecule has 0 spiro atoms. The predicted octanol–water partition coefficient (Wildman–Crippen LogP) is 1.34. The molecule has 1 atom stereocenters. The molecule has 4 heteroatoms. The van der Waals surface area contributed by atoms with Crippen LogP contribution in [0.1, 0.15) is 17.9 Å². The Morgan fingerprint density at radius 3 is 3.00 bits per heavy atom. The molecule has 0 fully saturated rings. The van der Waals surface area contributed by atoms with Gasteiger partial charge >= 0.3 is 0 Å². The van der Waals surface area contributed by atoms with Crippen molar-refractivity contribution in [2.45, 2.75) is 12.3 Å². The number of amides is 1. The van der Waals surface area contributed by atoms with E-state index in [2.05, 4.69) is 10.6 Å². The monoisotopic (exact) mass is 220 g/mol. The van der Waals surface area contributed by atoms with Crippen molar-refractivity contribution in [1.82, 2.24) is 5.32 Å². The number of benzene rings is 1. The van der Waals surface area contributed by atoms with Gasteiger partial charge in [-0.1, -0.05) is 0 Å². The lowest BCUT2D eigenvalue weighted by Crippen LogP contribution is -2.17. The fourth-order valence-corrected chi connectivity index (χ4v) is 2.01. The highest BCUT2D eigenvalue weighted by atomic mass is 16.5. The van der Waals surface area contributed by atoms with Crippen molar-refractivity contribution in [2.75, 3.05) is 26.0 Å². The number of methoxy groups -OCH3 is 1. The number of nitrogens with one attached hydrogen (secondary N) is 2. The van der Waals surface area contributed by atoms with Crippen LogP contribution in [0.5, 0.6) is 5.75 Å². The molecule has 1 aromatic rings. The van der Waals surface area contributed by atoms with E-state index in [1.807, 2.05) is 25.2 Å². The third kappa shape index (κ3) is 1.88. The molecular formula is C12H16N2O2. The molecule has 0 radical (unpaired) electrons. The summed E-state index contributed by atoms with van der Waals surface area (Å²) in [6.07, 6.45) is 0.808. The predicted molar refractivity (Wildman–Crippen MR) is 62.9 cm³/mol. The van der Waals surface area contributed by atoms with Crippen molar-refractivity contribution < 1.29 is 9.53 Å². The zero-order chi connectivity index (χ0) is 11.5. The van der Waals surface area contributed by atoms with E-state index in [9.17, 15) is 4.79 Å². The lowest BCUT2D eigenvalue weighted by molar-refractivity contribution is -0.117. The summed E-state index contributed by atoms with van der Waals surface area (Å²) in [5.41, 5.74) is 1.95. The molecule has 0 bridgehead atoms. The molecule has 2 N–H and O–H groups in total. The van der Waals surface area contributed by atoms with Crippen LogP contribution in [0, 0.1) is 0 Å². The van der Waals surface area contributed by atoms with Gasteiger partial charge in [0, 0.05) is 5.69 Å². The average Bonchev–Trinajstić information content (AvgIpc) is 2.61. The number of anilines is 1. The van der Waals surface area contributed by atoms with E-state index in [-0.39, 0.29) is 11.8 Å². The first-order valence-corrected chi connectivity index (χ1v) is 5.39. The van der Waals surface area contributed by atoms with Crippen LogP contribution in [0.4, 0.5) is 5.69 Å². The second kappa shape index (κ2) is 4.53. The minimum Gasteiger partial charge on any atom is -0.497 e. The van der Waals surface area contributed by atoms with E-state index in [1.54, 1.807) is 7.11 Å². The van der Waals surface area contributed by atoms with Crippen LogP contribution >= 0.6 is 0 Å². The lowest BCUT2D eigenvalue weighted by Gasteiger charge is -2.09. The molecule has 4 nitrogen and oxygen atoms in total. The summed E-state index contributed by atoms with van der Waals surface area (Å²) in [5, 5.41) is 5.95. The number of ether oxygens (including phenoxy) is 1. The van der Waals surface area contributed by atoms with Gasteiger partial charge in [-0.15, -0.1) is 0 Å². The van der Waals surface area contributed by atoms with Crippen LogP contribution in [0.3, 0.4) is 0 Å². The number of fused-ring (bicyclic) bond motifs is 1. The number of rotatable bonds is 4. The van der Waals surface area contributed by atoms with Crippen molar-refractivity contribution in [3.05, 3.63) is 23.8 Å². The number of hydrogen-bond acceptors (Lipinski definition) is 3. The Balaban J connectivity index is 2.27. The van der Waals surface area contributed by atoms with Gasteiger partial charge in [0.1, 0.15) is 5.75 Å². The fourth-order valence-electron chi connectivity index (χ4n) is 2.01. The second-order valence-corrected chi connectivity index (χ2v) is 3.89. The zero-order valence-corrected chi connectivity index (χ0v) is 9.54. The van der Waals surface area contributed by atoms with Crippen molar-refractivity contribution in [3.63, 3.8) is 0 Å². The molecule has 16 heavy (non-hydrogen) atoms. The van der Waals surface area contributed by atoms with Crippen molar-refractivity contribution in [1.29, 1.82) is 0 Å². The van der Waals surface area contributed by atoms with E-state index in [0.717, 1.165) is 30.0 Å². The molecule has 86 valence electrons. The zero-order valence-electron chi connectivity index (χ0n) is 9.54. The van der Waals surface area contributed by atoms with Crippen LogP contribution < -0.4 is 15.4 Å². The highest BCUT2D eigenvalue weighted by molar-refractivity contribution is 6.03. The fraction of sp³-hybridized carbons (Fsp3) is 0.417. The Morgan fingerprint density at radius 1 is 1.50 bits per heavy atom. The quantitative estimate of drug-likeness (QED) is 0.805. The number of carbonyl (C=O) groups is 1. The smallest absolute Gasteiger partial charge is 0.232 e. The Bertz CT molecular complexity index is 404. The summed E-state index contributed by atoms with van der Waals surface area (Å²) in [7, 11) is 3.52. The van der Waals surface area contributed by atoms with Gasteiger partial charge in [-0.2, -0.15) is 0 Å². The van der Waals surface area contributed by atoms with Gasteiger partial charge < -0.3 is 15.4 Å². The molecule has 0 saturated heterocycles. The molecule has 1 aromatic carbocycles. The van der Waals surface area contributed by atoms with Gasteiger partial charge in [0.15, 0.2) is 0 Å². The molecular weight excluding hydrogens is 204 g/mol. The summed E-state index contributed by atoms with van der Waals surface area (Å²) < 4.78 is 5.17. The van der Waals surface area contributed by atoms with Crippen LogP contribution in [0.15, 0.2) is 18.2 Å². The van der Waals surface area contributed by atoms with Gasteiger partial charge in [-0.05, 0) is 43.8 Å². The van der Waals surface area contributed by atoms with Crippen LogP contribution in [0.2, 0.25) is 0 Å². The number of hydrogen-bond donors (Lipinski definition) is 2. The third-order valence-electron chi connectivity index (χ3n) is 2.89. The molecule has 1 amide bonds. The molecule has 1 aliphatic rings. The topological polar surface area (TPSA) is 50.4 Å². The summed E-state index contributed by atoms with van der Waals surface area (Å²) >= 11 is 0. The first-order chi connectivity index (χ1) is 7.76. The van der Waals surface area contributed by atoms with Crippen molar-refractivity contribution in [3.8, 4) is 5.75 Å². The summed E-state index contributed by atoms with van der Waals surface area (Å²) in [4.78, 5) is 11.8. The maximum Gasteiger partial charge on any atom is 0.232 e. The first-order valence-electron chi connectivity index (χ1n) is 5.39. The largest absolute Gasteiger partial charge is 0.497 e. The van der Waals surface area contributed by atoms with Crippen LogP contribution in [-0.2, 0) is 4.79 Å². The highest BCUT2D eigenvalue weighted by Gasteiger charge is 2.30. The highest BCUT2D eigenvalue weighted by Crippen LogP contribution is 2.36. The van der Waals surface area contributed by atoms with Gasteiger partial charge in [-0.3, -0.25) is 4.79 Å². The summed E-state index contributed by atoms with van der Waals surface area (Å²) in [6.45, 7) is 0.828.